The Labute approximate surface area is 179 Å². The summed E-state index contributed by atoms with van der Waals surface area (Å²) in [5.74, 6) is 0.925. The van der Waals surface area contributed by atoms with Crippen molar-refractivity contribution >= 4 is 23.4 Å². The lowest BCUT2D eigenvalue weighted by atomic mass is 10.2. The van der Waals surface area contributed by atoms with Crippen molar-refractivity contribution in [3.63, 3.8) is 0 Å². The minimum Gasteiger partial charge on any atom is -0.325 e. The molecule has 0 bridgehead atoms. The number of carbonyl (C=O) groups excluding carboxylic acids is 1. The average Bonchev–Trinajstić information content (AvgIpc) is 3.16. The van der Waals surface area contributed by atoms with Crippen LogP contribution in [0.1, 0.15) is 11.3 Å². The number of pyridine rings is 1. The minimum atomic E-state index is -0.0817. The van der Waals surface area contributed by atoms with E-state index in [0.29, 0.717) is 11.7 Å². The highest BCUT2D eigenvalue weighted by Crippen LogP contribution is 2.25. The van der Waals surface area contributed by atoms with Crippen LogP contribution in [0, 0.1) is 6.92 Å². The molecule has 0 saturated heterocycles. The number of hydrogen-bond donors (Lipinski definition) is 1. The number of aryl methyl sites for hydroxylation is 1. The Balaban J connectivity index is 1.56. The quantitative estimate of drug-likeness (QED) is 0.452. The van der Waals surface area contributed by atoms with Crippen molar-refractivity contribution in [2.24, 2.45) is 0 Å². The van der Waals surface area contributed by atoms with Gasteiger partial charge >= 0.3 is 0 Å². The second-order valence-corrected chi connectivity index (χ2v) is 7.71. The molecule has 1 amide bonds. The third-order valence-electron chi connectivity index (χ3n) is 4.45. The molecule has 2 heterocycles. The molecule has 6 nitrogen and oxygen atoms in total. The molecule has 0 aliphatic rings. The molecule has 0 radical (unpaired) electrons. The molecule has 150 valence electrons. The van der Waals surface area contributed by atoms with E-state index in [0.717, 1.165) is 28.3 Å². The van der Waals surface area contributed by atoms with Crippen molar-refractivity contribution in [1.82, 2.24) is 19.7 Å². The van der Waals surface area contributed by atoms with E-state index in [1.54, 1.807) is 6.20 Å². The van der Waals surface area contributed by atoms with Crippen molar-refractivity contribution in [2.45, 2.75) is 18.6 Å². The molecule has 0 saturated carbocycles. The zero-order chi connectivity index (χ0) is 20.8. The van der Waals surface area contributed by atoms with Gasteiger partial charge in [0.25, 0.3) is 0 Å². The molecule has 7 heteroatoms. The summed E-state index contributed by atoms with van der Waals surface area (Å²) in [7, 11) is 0. The Bertz CT molecular complexity index is 1130. The zero-order valence-corrected chi connectivity index (χ0v) is 17.3. The molecule has 0 atom stereocenters. The smallest absolute Gasteiger partial charge is 0.234 e. The molecule has 1 N–H and O–H groups in total. The van der Waals surface area contributed by atoms with Crippen LogP contribution in [0.4, 0.5) is 5.69 Å². The van der Waals surface area contributed by atoms with Gasteiger partial charge in [-0.05, 0) is 36.8 Å². The molecule has 0 fully saturated rings. The van der Waals surface area contributed by atoms with Crippen LogP contribution >= 0.6 is 11.8 Å². The Kier molecular flexibility index (Phi) is 6.20. The molecule has 2 aromatic carbocycles. The van der Waals surface area contributed by atoms with E-state index in [9.17, 15) is 4.79 Å². The molecular weight excluding hydrogens is 394 g/mol. The predicted molar refractivity (Wildman–Crippen MR) is 119 cm³/mol. The van der Waals surface area contributed by atoms with Crippen molar-refractivity contribution in [3.8, 4) is 11.4 Å². The number of para-hydroxylation sites is 1. The Hall–Kier alpha value is -3.45. The molecule has 4 rings (SSSR count). The lowest BCUT2D eigenvalue weighted by molar-refractivity contribution is -0.113. The van der Waals surface area contributed by atoms with Crippen LogP contribution in [-0.2, 0) is 11.3 Å². The number of benzene rings is 2. The van der Waals surface area contributed by atoms with Crippen LogP contribution in [0.3, 0.4) is 0 Å². The molecule has 0 aliphatic heterocycles. The van der Waals surface area contributed by atoms with Crippen LogP contribution in [0.2, 0.25) is 0 Å². The molecule has 0 spiro atoms. The van der Waals surface area contributed by atoms with Crippen molar-refractivity contribution in [1.29, 1.82) is 0 Å². The van der Waals surface area contributed by atoms with Gasteiger partial charge in [0, 0.05) is 23.1 Å². The first-order valence-corrected chi connectivity index (χ1v) is 10.6. The number of thioether (sulfide) groups is 1. The Morgan fingerprint density at radius 2 is 1.73 bits per heavy atom. The summed E-state index contributed by atoms with van der Waals surface area (Å²) in [6.07, 6.45) is 1.77. The fourth-order valence-corrected chi connectivity index (χ4v) is 3.79. The first kappa shape index (κ1) is 19.8. The lowest BCUT2D eigenvalue weighted by Gasteiger charge is -2.11. The number of aromatic nitrogens is 4. The summed E-state index contributed by atoms with van der Waals surface area (Å²) in [5, 5.41) is 12.4. The third-order valence-corrected chi connectivity index (χ3v) is 5.41. The fraction of sp³-hybridized carbons (Fsp3) is 0.130. The lowest BCUT2D eigenvalue weighted by Crippen LogP contribution is -2.14. The molecular formula is C23H21N5OS. The number of nitrogens with one attached hydrogen (secondary N) is 1. The largest absolute Gasteiger partial charge is 0.325 e. The monoisotopic (exact) mass is 415 g/mol. The first-order chi connectivity index (χ1) is 14.7. The van der Waals surface area contributed by atoms with Crippen molar-refractivity contribution in [2.75, 3.05) is 11.1 Å². The van der Waals surface area contributed by atoms with E-state index >= 15 is 0 Å². The summed E-state index contributed by atoms with van der Waals surface area (Å²) in [6, 6.07) is 23.5. The van der Waals surface area contributed by atoms with Gasteiger partial charge in [0.1, 0.15) is 0 Å². The van der Waals surface area contributed by atoms with Gasteiger partial charge in [-0.3, -0.25) is 14.3 Å². The average molecular weight is 416 g/mol. The zero-order valence-electron chi connectivity index (χ0n) is 16.5. The van der Waals surface area contributed by atoms with Gasteiger partial charge in [-0.25, -0.2) is 0 Å². The number of anilines is 1. The maximum atomic E-state index is 12.4. The van der Waals surface area contributed by atoms with Gasteiger partial charge in [0.15, 0.2) is 11.0 Å². The van der Waals surface area contributed by atoms with Crippen LogP contribution in [0.25, 0.3) is 11.4 Å². The second-order valence-electron chi connectivity index (χ2n) is 6.77. The van der Waals surface area contributed by atoms with Crippen LogP contribution in [0.15, 0.2) is 84.1 Å². The van der Waals surface area contributed by atoms with E-state index in [-0.39, 0.29) is 11.7 Å². The van der Waals surface area contributed by atoms with E-state index < -0.39 is 0 Å². The first-order valence-electron chi connectivity index (χ1n) is 9.57. The van der Waals surface area contributed by atoms with E-state index in [2.05, 4.69) is 32.6 Å². The van der Waals surface area contributed by atoms with E-state index in [4.69, 9.17) is 0 Å². The van der Waals surface area contributed by atoms with Gasteiger partial charge < -0.3 is 5.32 Å². The maximum absolute atomic E-state index is 12.4. The minimum absolute atomic E-state index is 0.0817. The summed E-state index contributed by atoms with van der Waals surface area (Å²) in [6.45, 7) is 2.57. The van der Waals surface area contributed by atoms with Gasteiger partial charge in [-0.2, -0.15) is 0 Å². The highest BCUT2D eigenvalue weighted by Gasteiger charge is 2.16. The highest BCUT2D eigenvalue weighted by molar-refractivity contribution is 7.99. The Morgan fingerprint density at radius 3 is 2.47 bits per heavy atom. The normalized spacial score (nSPS) is 10.7. The van der Waals surface area contributed by atoms with Gasteiger partial charge in [0.2, 0.25) is 5.91 Å². The van der Waals surface area contributed by atoms with Crippen molar-refractivity contribution < 1.29 is 4.79 Å². The maximum Gasteiger partial charge on any atom is 0.234 e. The van der Waals surface area contributed by atoms with Gasteiger partial charge in [-0.1, -0.05) is 60.3 Å². The van der Waals surface area contributed by atoms with E-state index in [1.807, 2.05) is 72.2 Å². The predicted octanol–water partition coefficient (Wildman–Crippen LogP) is 4.43. The molecule has 2 aromatic heterocycles. The van der Waals surface area contributed by atoms with Crippen LogP contribution in [-0.4, -0.2) is 31.4 Å². The molecule has 0 unspecified atom stereocenters. The van der Waals surface area contributed by atoms with Crippen molar-refractivity contribution in [3.05, 3.63) is 90.3 Å². The Morgan fingerprint density at radius 1 is 1.00 bits per heavy atom. The summed E-state index contributed by atoms with van der Waals surface area (Å²) >= 11 is 1.38. The second kappa shape index (κ2) is 9.37. The van der Waals surface area contributed by atoms with Crippen LogP contribution < -0.4 is 5.32 Å². The van der Waals surface area contributed by atoms with E-state index in [1.165, 1.54) is 11.8 Å². The summed E-state index contributed by atoms with van der Waals surface area (Å²) in [5.41, 5.74) is 3.78. The number of amides is 1. The number of rotatable bonds is 7. The van der Waals surface area contributed by atoms with Gasteiger partial charge in [0.05, 0.1) is 12.3 Å². The number of nitrogens with zero attached hydrogens (tertiary/aromatic N) is 4. The molecule has 0 aliphatic carbocycles. The third kappa shape index (κ3) is 4.93. The fourth-order valence-electron chi connectivity index (χ4n) is 3.05. The molecule has 30 heavy (non-hydrogen) atoms. The highest BCUT2D eigenvalue weighted by atomic mass is 32.2. The van der Waals surface area contributed by atoms with Gasteiger partial charge in [-0.15, -0.1) is 10.2 Å². The number of carbonyl (C=O) groups is 1. The summed E-state index contributed by atoms with van der Waals surface area (Å²) in [4.78, 5) is 16.6. The standard InChI is InChI=1S/C23H21N5OS/c1-17-14-19(12-13-24-17)22-26-27-23(28(22)15-18-8-4-2-5-9-18)30-16-21(29)25-20-10-6-3-7-11-20/h2-14H,15-16H2,1H3,(H,25,29). The molecule has 4 aromatic rings. The SMILES string of the molecule is Cc1cc(-c2nnc(SCC(=O)Nc3ccccc3)n2Cc2ccccc2)ccn1. The summed E-state index contributed by atoms with van der Waals surface area (Å²) < 4.78 is 2.05. The topological polar surface area (TPSA) is 72.7 Å². The van der Waals surface area contributed by atoms with Crippen LogP contribution in [0.5, 0.6) is 0 Å². The number of hydrogen-bond acceptors (Lipinski definition) is 5.